The van der Waals surface area contributed by atoms with Crippen molar-refractivity contribution in [2.24, 2.45) is 10.9 Å². The lowest BCUT2D eigenvalue weighted by Gasteiger charge is -2.23. The lowest BCUT2D eigenvalue weighted by Crippen LogP contribution is -2.37. The molecule has 0 saturated carbocycles. The summed E-state index contributed by atoms with van der Waals surface area (Å²) in [7, 11) is 0. The number of likely N-dealkylation sites (N-methyl/N-ethyl adjacent to an activating group) is 1. The number of rotatable bonds is 5. The van der Waals surface area contributed by atoms with Crippen molar-refractivity contribution in [3.05, 3.63) is 29.8 Å². The third-order valence-electron chi connectivity index (χ3n) is 3.46. The Balaban J connectivity index is 2.06. The second-order valence-corrected chi connectivity index (χ2v) is 4.66. The van der Waals surface area contributed by atoms with E-state index in [0.29, 0.717) is 26.1 Å². The molecule has 0 spiro atoms. The maximum Gasteiger partial charge on any atom is 0.233 e. The van der Waals surface area contributed by atoms with Crippen LogP contribution in [0.3, 0.4) is 0 Å². The largest absolute Gasteiger partial charge is 0.492 e. The molecule has 0 radical (unpaired) electrons. The van der Waals surface area contributed by atoms with Gasteiger partial charge in [0.1, 0.15) is 24.1 Å². The molecule has 3 N–H and O–H groups in total. The van der Waals surface area contributed by atoms with E-state index in [1.807, 2.05) is 31.2 Å². The molecule has 0 aromatic heterocycles. The van der Waals surface area contributed by atoms with Crippen LogP contribution in [0.25, 0.3) is 0 Å². The number of carbonyl (C=O) groups is 1. The Labute approximate surface area is 117 Å². The fourth-order valence-electron chi connectivity index (χ4n) is 2.31. The molecular formula is C14H19N3O3. The average Bonchev–Trinajstić information content (AvgIpc) is 2.91. The number of nitrogens with two attached hydrogens (primary N) is 1. The van der Waals surface area contributed by atoms with E-state index in [-0.39, 0.29) is 17.7 Å². The van der Waals surface area contributed by atoms with Crippen LogP contribution in [0.1, 0.15) is 24.8 Å². The summed E-state index contributed by atoms with van der Waals surface area (Å²) in [6.45, 7) is 3.30. The maximum absolute atomic E-state index is 12.5. The molecule has 0 aliphatic carbocycles. The van der Waals surface area contributed by atoms with Crippen molar-refractivity contribution in [3.8, 4) is 5.75 Å². The van der Waals surface area contributed by atoms with Gasteiger partial charge in [-0.3, -0.25) is 4.79 Å². The van der Waals surface area contributed by atoms with Crippen molar-refractivity contribution in [2.45, 2.75) is 19.3 Å². The van der Waals surface area contributed by atoms with Gasteiger partial charge in [-0.05, 0) is 13.0 Å². The Morgan fingerprint density at radius 2 is 2.30 bits per heavy atom. The van der Waals surface area contributed by atoms with Crippen molar-refractivity contribution in [1.82, 2.24) is 4.90 Å². The molecule has 6 nitrogen and oxygen atoms in total. The van der Waals surface area contributed by atoms with Gasteiger partial charge in [0.2, 0.25) is 5.91 Å². The first-order valence-electron chi connectivity index (χ1n) is 6.64. The minimum absolute atomic E-state index is 0.0168. The number of amides is 1. The zero-order valence-corrected chi connectivity index (χ0v) is 11.5. The zero-order valence-electron chi connectivity index (χ0n) is 11.5. The summed E-state index contributed by atoms with van der Waals surface area (Å²) < 4.78 is 5.54. The Hall–Kier alpha value is -2.24. The minimum Gasteiger partial charge on any atom is -0.492 e. The number of amidine groups is 1. The van der Waals surface area contributed by atoms with Crippen LogP contribution in [-0.2, 0) is 4.79 Å². The summed E-state index contributed by atoms with van der Waals surface area (Å²) in [5, 5.41) is 11.5. The Kier molecular flexibility index (Phi) is 4.45. The van der Waals surface area contributed by atoms with Gasteiger partial charge in [0.05, 0.1) is 0 Å². The summed E-state index contributed by atoms with van der Waals surface area (Å²) in [4.78, 5) is 14.2. The summed E-state index contributed by atoms with van der Waals surface area (Å²) in [5.74, 6) is 0.652. The first kappa shape index (κ1) is 14.2. The number of benzene rings is 1. The molecule has 1 amide bonds. The van der Waals surface area contributed by atoms with E-state index in [1.165, 1.54) is 0 Å². The second-order valence-electron chi connectivity index (χ2n) is 4.66. The summed E-state index contributed by atoms with van der Waals surface area (Å²) >= 11 is 0. The predicted molar refractivity (Wildman–Crippen MR) is 75.0 cm³/mol. The van der Waals surface area contributed by atoms with Crippen LogP contribution in [0.4, 0.5) is 0 Å². The van der Waals surface area contributed by atoms with Gasteiger partial charge < -0.3 is 20.6 Å². The minimum atomic E-state index is -0.265. The van der Waals surface area contributed by atoms with Crippen LogP contribution in [0.15, 0.2) is 29.4 Å². The number of ether oxygens (including phenoxy) is 1. The molecule has 1 atom stereocenters. The van der Waals surface area contributed by atoms with Crippen molar-refractivity contribution in [3.63, 3.8) is 0 Å². The van der Waals surface area contributed by atoms with Crippen LogP contribution in [0.2, 0.25) is 0 Å². The lowest BCUT2D eigenvalue weighted by atomic mass is 10.00. The van der Waals surface area contributed by atoms with E-state index in [1.54, 1.807) is 4.90 Å². The standard InChI is InChI=1S/C14H19N3O3/c1-2-17(8-7-13(15)16-19)14(18)11-9-20-12-6-4-3-5-10(11)12/h3-6,11,19H,2,7-9H2,1H3,(H2,15,16). The highest BCUT2D eigenvalue weighted by molar-refractivity contribution is 5.86. The smallest absolute Gasteiger partial charge is 0.233 e. The van der Waals surface area contributed by atoms with Gasteiger partial charge in [-0.25, -0.2) is 0 Å². The van der Waals surface area contributed by atoms with E-state index in [4.69, 9.17) is 15.7 Å². The molecule has 1 aromatic rings. The van der Waals surface area contributed by atoms with E-state index in [0.717, 1.165) is 11.3 Å². The van der Waals surface area contributed by atoms with Gasteiger partial charge in [0.15, 0.2) is 0 Å². The number of hydrogen-bond acceptors (Lipinski definition) is 4. The summed E-state index contributed by atoms with van der Waals surface area (Å²) in [6, 6.07) is 7.58. The molecule has 6 heteroatoms. The number of oxime groups is 1. The van der Waals surface area contributed by atoms with E-state index < -0.39 is 0 Å². The fourth-order valence-corrected chi connectivity index (χ4v) is 2.31. The van der Waals surface area contributed by atoms with Crippen LogP contribution in [-0.4, -0.2) is 41.5 Å². The summed E-state index contributed by atoms with van der Waals surface area (Å²) in [5.41, 5.74) is 6.37. The van der Waals surface area contributed by atoms with Crippen LogP contribution < -0.4 is 10.5 Å². The third kappa shape index (κ3) is 2.84. The van der Waals surface area contributed by atoms with Gasteiger partial charge >= 0.3 is 0 Å². The van der Waals surface area contributed by atoms with Crippen molar-refractivity contribution < 1.29 is 14.7 Å². The van der Waals surface area contributed by atoms with Gasteiger partial charge in [-0.2, -0.15) is 0 Å². The number of carbonyl (C=O) groups excluding carboxylic acids is 1. The molecule has 20 heavy (non-hydrogen) atoms. The highest BCUT2D eigenvalue weighted by atomic mass is 16.5. The van der Waals surface area contributed by atoms with Crippen LogP contribution in [0, 0.1) is 0 Å². The van der Waals surface area contributed by atoms with Gasteiger partial charge in [0.25, 0.3) is 0 Å². The molecule has 2 rings (SSSR count). The maximum atomic E-state index is 12.5. The molecular weight excluding hydrogens is 258 g/mol. The Bertz CT molecular complexity index is 516. The average molecular weight is 277 g/mol. The first-order chi connectivity index (χ1) is 9.67. The molecule has 0 saturated heterocycles. The second kappa shape index (κ2) is 6.27. The summed E-state index contributed by atoms with van der Waals surface area (Å²) in [6.07, 6.45) is 0.352. The molecule has 1 aliphatic rings. The van der Waals surface area contributed by atoms with Gasteiger partial charge in [0, 0.05) is 25.1 Å². The third-order valence-corrected chi connectivity index (χ3v) is 3.46. The number of nitrogens with zero attached hydrogens (tertiary/aromatic N) is 2. The fraction of sp³-hybridized carbons (Fsp3) is 0.429. The molecule has 0 fully saturated rings. The van der Waals surface area contributed by atoms with Gasteiger partial charge in [-0.1, -0.05) is 23.4 Å². The Morgan fingerprint density at radius 3 is 3.00 bits per heavy atom. The van der Waals surface area contributed by atoms with E-state index in [2.05, 4.69) is 5.16 Å². The molecule has 108 valence electrons. The quantitative estimate of drug-likeness (QED) is 0.366. The van der Waals surface area contributed by atoms with E-state index >= 15 is 0 Å². The normalized spacial score (nSPS) is 17.4. The van der Waals surface area contributed by atoms with Crippen LogP contribution in [0.5, 0.6) is 5.75 Å². The number of hydrogen-bond donors (Lipinski definition) is 2. The van der Waals surface area contributed by atoms with Gasteiger partial charge in [-0.15, -0.1) is 0 Å². The molecule has 1 aromatic carbocycles. The predicted octanol–water partition coefficient (Wildman–Crippen LogP) is 1.15. The number of para-hydroxylation sites is 1. The molecule has 1 heterocycles. The molecule has 1 unspecified atom stereocenters. The number of fused-ring (bicyclic) bond motifs is 1. The topological polar surface area (TPSA) is 88.1 Å². The van der Waals surface area contributed by atoms with Crippen molar-refractivity contribution in [2.75, 3.05) is 19.7 Å². The first-order valence-corrected chi connectivity index (χ1v) is 6.64. The van der Waals surface area contributed by atoms with E-state index in [9.17, 15) is 4.79 Å². The highest BCUT2D eigenvalue weighted by Gasteiger charge is 2.32. The molecule has 0 bridgehead atoms. The van der Waals surface area contributed by atoms with Crippen molar-refractivity contribution in [1.29, 1.82) is 0 Å². The molecule has 1 aliphatic heterocycles. The highest BCUT2D eigenvalue weighted by Crippen LogP contribution is 2.34. The lowest BCUT2D eigenvalue weighted by molar-refractivity contribution is -0.132. The SMILES string of the molecule is CCN(CCC(N)=NO)C(=O)C1COc2ccccc21. The zero-order chi connectivity index (χ0) is 14.5. The monoisotopic (exact) mass is 277 g/mol. The Morgan fingerprint density at radius 1 is 1.55 bits per heavy atom. The van der Waals surface area contributed by atoms with Crippen molar-refractivity contribution >= 4 is 11.7 Å². The van der Waals surface area contributed by atoms with Crippen LogP contribution >= 0.6 is 0 Å².